The number of para-hydroxylation sites is 1. The minimum atomic E-state index is -4.91. The predicted molar refractivity (Wildman–Crippen MR) is 89.3 cm³/mol. The zero-order chi connectivity index (χ0) is 18.4. The molecule has 3 rings (SSSR count). The first-order chi connectivity index (χ1) is 11.7. The fourth-order valence-corrected chi connectivity index (χ4v) is 2.92. The van der Waals surface area contributed by atoms with Gasteiger partial charge in [0.15, 0.2) is 0 Å². The van der Waals surface area contributed by atoms with Crippen LogP contribution in [0, 0.1) is 6.92 Å². The lowest BCUT2D eigenvalue weighted by molar-refractivity contribution is -0.274. The lowest BCUT2D eigenvalue weighted by atomic mass is 10.1. The number of alkyl halides is 3. The number of rotatable bonds is 2. The van der Waals surface area contributed by atoms with Gasteiger partial charge in [-0.3, -0.25) is 14.3 Å². The van der Waals surface area contributed by atoms with Gasteiger partial charge in [0, 0.05) is 6.07 Å². The zero-order valence-electron chi connectivity index (χ0n) is 12.6. The molecular formula is C16H10BrF3N2O3. The number of aromatic nitrogens is 2. The zero-order valence-corrected chi connectivity index (χ0v) is 14.2. The summed E-state index contributed by atoms with van der Waals surface area (Å²) in [6.45, 7) is 1.74. The molecule has 130 valence electrons. The van der Waals surface area contributed by atoms with Crippen molar-refractivity contribution in [2.75, 3.05) is 0 Å². The molecule has 0 unspecified atom stereocenters. The molecule has 3 aromatic rings. The highest BCUT2D eigenvalue weighted by atomic mass is 79.9. The van der Waals surface area contributed by atoms with Gasteiger partial charge >= 0.3 is 12.1 Å². The number of fused-ring (bicyclic) bond motifs is 1. The lowest BCUT2D eigenvalue weighted by Gasteiger charge is -2.15. The average Bonchev–Trinajstić information content (AvgIpc) is 2.49. The molecule has 0 bridgehead atoms. The van der Waals surface area contributed by atoms with E-state index in [0.29, 0.717) is 11.3 Å². The van der Waals surface area contributed by atoms with Crippen molar-refractivity contribution in [2.24, 2.45) is 0 Å². The maximum absolute atomic E-state index is 12.6. The van der Waals surface area contributed by atoms with Crippen molar-refractivity contribution in [3.63, 3.8) is 0 Å². The Morgan fingerprint density at radius 2 is 1.84 bits per heavy atom. The minimum Gasteiger partial charge on any atom is -0.405 e. The Bertz CT molecular complexity index is 1090. The van der Waals surface area contributed by atoms with Crippen LogP contribution in [0.2, 0.25) is 0 Å². The van der Waals surface area contributed by atoms with Crippen LogP contribution >= 0.6 is 15.9 Å². The predicted octanol–water partition coefficient (Wildman–Crippen LogP) is 3.65. The van der Waals surface area contributed by atoms with E-state index in [9.17, 15) is 22.8 Å². The molecule has 0 fully saturated rings. The minimum absolute atomic E-state index is 0.00509. The Morgan fingerprint density at radius 1 is 1.16 bits per heavy atom. The van der Waals surface area contributed by atoms with E-state index in [1.807, 2.05) is 0 Å². The van der Waals surface area contributed by atoms with Crippen molar-refractivity contribution in [3.05, 3.63) is 67.3 Å². The Kier molecular flexibility index (Phi) is 4.19. The molecule has 0 radical (unpaired) electrons. The third-order valence-electron chi connectivity index (χ3n) is 3.54. The summed E-state index contributed by atoms with van der Waals surface area (Å²) in [5, 5.41) is 0.0456. The fraction of sp³-hybridized carbons (Fsp3) is 0.125. The highest BCUT2D eigenvalue weighted by Gasteiger charge is 2.32. The number of nitrogens with zero attached hydrogens (tertiary/aromatic N) is 1. The van der Waals surface area contributed by atoms with Crippen LogP contribution in [0.25, 0.3) is 16.6 Å². The summed E-state index contributed by atoms with van der Waals surface area (Å²) in [6, 6.07) is 9.00. The van der Waals surface area contributed by atoms with E-state index in [2.05, 4.69) is 25.7 Å². The molecule has 5 nitrogen and oxygen atoms in total. The Balaban J connectivity index is 2.41. The number of aromatic amines is 1. The number of benzene rings is 2. The van der Waals surface area contributed by atoms with Gasteiger partial charge in [-0.05, 0) is 40.5 Å². The summed E-state index contributed by atoms with van der Waals surface area (Å²) < 4.78 is 42.8. The van der Waals surface area contributed by atoms with Crippen molar-refractivity contribution in [3.8, 4) is 11.4 Å². The third kappa shape index (κ3) is 3.32. The van der Waals surface area contributed by atoms with Gasteiger partial charge in [0.1, 0.15) is 5.75 Å². The van der Waals surface area contributed by atoms with E-state index < -0.39 is 23.4 Å². The van der Waals surface area contributed by atoms with Gasteiger partial charge in [0.05, 0.1) is 21.1 Å². The first kappa shape index (κ1) is 17.3. The van der Waals surface area contributed by atoms with Crippen LogP contribution in [0.3, 0.4) is 0 Å². The topological polar surface area (TPSA) is 64.1 Å². The molecular weight excluding hydrogens is 405 g/mol. The second-order valence-corrected chi connectivity index (χ2v) is 6.08. The fourth-order valence-electron chi connectivity index (χ4n) is 2.50. The number of halogens is 4. The molecule has 0 aliphatic carbocycles. The van der Waals surface area contributed by atoms with E-state index in [4.69, 9.17) is 0 Å². The monoisotopic (exact) mass is 414 g/mol. The van der Waals surface area contributed by atoms with E-state index in [1.54, 1.807) is 31.2 Å². The smallest absolute Gasteiger partial charge is 0.405 e. The second kappa shape index (κ2) is 6.07. The van der Waals surface area contributed by atoms with Crippen LogP contribution in [0.5, 0.6) is 5.75 Å². The summed E-state index contributed by atoms with van der Waals surface area (Å²) in [5.74, 6) is -0.549. The first-order valence-electron chi connectivity index (χ1n) is 6.98. The molecule has 25 heavy (non-hydrogen) atoms. The number of ether oxygens (including phenoxy) is 1. The highest BCUT2D eigenvalue weighted by Crippen LogP contribution is 2.33. The van der Waals surface area contributed by atoms with Crippen LogP contribution in [0.4, 0.5) is 13.2 Å². The van der Waals surface area contributed by atoms with E-state index in [0.717, 1.165) is 10.6 Å². The molecule has 0 spiro atoms. The number of nitrogens with one attached hydrogen (secondary N) is 1. The van der Waals surface area contributed by atoms with Gasteiger partial charge in [0.2, 0.25) is 0 Å². The molecule has 0 saturated heterocycles. The summed E-state index contributed by atoms with van der Waals surface area (Å²) in [4.78, 5) is 26.6. The van der Waals surface area contributed by atoms with Gasteiger partial charge in [-0.1, -0.05) is 18.2 Å². The lowest BCUT2D eigenvalue weighted by Crippen LogP contribution is -2.30. The van der Waals surface area contributed by atoms with Crippen LogP contribution in [-0.4, -0.2) is 15.9 Å². The van der Waals surface area contributed by atoms with Gasteiger partial charge in [-0.2, -0.15) is 0 Å². The first-order valence-corrected chi connectivity index (χ1v) is 7.77. The van der Waals surface area contributed by atoms with Gasteiger partial charge in [0.25, 0.3) is 5.56 Å². The molecule has 2 aromatic carbocycles. The maximum Gasteiger partial charge on any atom is 0.573 e. The third-order valence-corrected chi connectivity index (χ3v) is 4.16. The molecule has 9 heteroatoms. The van der Waals surface area contributed by atoms with E-state index in [1.165, 1.54) is 6.07 Å². The second-order valence-electron chi connectivity index (χ2n) is 5.23. The molecule has 1 heterocycles. The molecule has 0 amide bonds. The summed E-state index contributed by atoms with van der Waals surface area (Å²) in [5.41, 5.74) is -0.310. The highest BCUT2D eigenvalue weighted by molar-refractivity contribution is 9.10. The van der Waals surface area contributed by atoms with Gasteiger partial charge < -0.3 is 4.74 Å². The van der Waals surface area contributed by atoms with Crippen LogP contribution in [0.15, 0.2) is 50.5 Å². The average molecular weight is 415 g/mol. The van der Waals surface area contributed by atoms with Crippen LogP contribution < -0.4 is 16.0 Å². The Hall–Kier alpha value is -2.55. The van der Waals surface area contributed by atoms with Crippen molar-refractivity contribution in [1.29, 1.82) is 0 Å². The maximum atomic E-state index is 12.6. The Labute approximate surface area is 146 Å². The normalized spacial score (nSPS) is 11.7. The molecule has 0 saturated carbocycles. The number of aryl methyl sites for hydroxylation is 1. The summed E-state index contributed by atoms with van der Waals surface area (Å²) in [7, 11) is 0. The molecule has 0 aliphatic rings. The van der Waals surface area contributed by atoms with Crippen LogP contribution in [0.1, 0.15) is 5.56 Å². The SMILES string of the molecule is Cc1ccccc1-n1c(=O)[nH]c(=O)c2cc(Br)c(OC(F)(F)F)cc21. The molecule has 0 aliphatic heterocycles. The number of hydrogen-bond donors (Lipinski definition) is 1. The summed E-state index contributed by atoms with van der Waals surface area (Å²) in [6.07, 6.45) is -4.91. The van der Waals surface area contributed by atoms with Crippen molar-refractivity contribution < 1.29 is 17.9 Å². The largest absolute Gasteiger partial charge is 0.573 e. The number of hydrogen-bond acceptors (Lipinski definition) is 3. The van der Waals surface area contributed by atoms with Gasteiger partial charge in [-0.25, -0.2) is 4.79 Å². The summed E-state index contributed by atoms with van der Waals surface area (Å²) >= 11 is 2.95. The standard InChI is InChI=1S/C16H10BrF3N2O3/c1-8-4-2-3-5-11(8)22-12-7-13(25-16(18,19)20)10(17)6-9(12)14(23)21-15(22)24/h2-7H,1H3,(H,21,23,24). The molecule has 1 N–H and O–H groups in total. The van der Waals surface area contributed by atoms with E-state index >= 15 is 0 Å². The van der Waals surface area contributed by atoms with Crippen LogP contribution in [-0.2, 0) is 0 Å². The van der Waals surface area contributed by atoms with E-state index in [-0.39, 0.29) is 15.4 Å². The quantitative estimate of drug-likeness (QED) is 0.695. The number of H-pyrrole nitrogens is 1. The van der Waals surface area contributed by atoms with Crippen molar-refractivity contribution in [2.45, 2.75) is 13.3 Å². The van der Waals surface area contributed by atoms with Crippen molar-refractivity contribution >= 4 is 26.8 Å². The Morgan fingerprint density at radius 3 is 2.48 bits per heavy atom. The molecule has 1 aromatic heterocycles. The molecule has 0 atom stereocenters. The van der Waals surface area contributed by atoms with Gasteiger partial charge in [-0.15, -0.1) is 13.2 Å². The van der Waals surface area contributed by atoms with Crippen molar-refractivity contribution in [1.82, 2.24) is 9.55 Å².